The monoisotopic (exact) mass is 467 g/mol. The Morgan fingerprint density at radius 2 is 1.97 bits per heavy atom. The third kappa shape index (κ3) is 4.25. The highest BCUT2D eigenvalue weighted by atomic mass is 19.1. The fourth-order valence-corrected chi connectivity index (χ4v) is 5.11. The molecule has 3 aliphatic heterocycles. The minimum Gasteiger partial charge on any atom is -0.467 e. The lowest BCUT2D eigenvalue weighted by molar-refractivity contribution is -0.136. The fourth-order valence-electron chi connectivity index (χ4n) is 5.11. The van der Waals surface area contributed by atoms with Crippen LogP contribution in [0.4, 0.5) is 4.39 Å². The summed E-state index contributed by atoms with van der Waals surface area (Å²) in [4.78, 5) is 48.7. The number of carbonyl (C=O) groups is 3. The van der Waals surface area contributed by atoms with E-state index < -0.39 is 11.9 Å². The molecule has 0 spiro atoms. The number of fused-ring (bicyclic) bond motifs is 1. The van der Waals surface area contributed by atoms with Gasteiger partial charge in [0.15, 0.2) is 0 Å². The van der Waals surface area contributed by atoms with Crippen molar-refractivity contribution in [2.24, 2.45) is 0 Å². The zero-order valence-electron chi connectivity index (χ0n) is 18.9. The molecule has 9 nitrogen and oxygen atoms in total. The summed E-state index contributed by atoms with van der Waals surface area (Å²) in [5.41, 5.74) is 2.55. The molecule has 3 amide bonds. The number of benzene rings is 1. The second-order valence-corrected chi connectivity index (χ2v) is 9.02. The van der Waals surface area contributed by atoms with Gasteiger partial charge in [-0.1, -0.05) is 6.07 Å². The Morgan fingerprint density at radius 3 is 2.71 bits per heavy atom. The molecule has 3 aliphatic rings. The van der Waals surface area contributed by atoms with Crippen LogP contribution in [-0.4, -0.2) is 63.7 Å². The van der Waals surface area contributed by atoms with Gasteiger partial charge in [-0.3, -0.25) is 24.6 Å². The van der Waals surface area contributed by atoms with Gasteiger partial charge in [-0.2, -0.15) is 4.98 Å². The minimum absolute atomic E-state index is 0.0567. The van der Waals surface area contributed by atoms with Crippen LogP contribution < -0.4 is 10.1 Å². The normalized spacial score (nSPS) is 21.5. The first-order valence-corrected chi connectivity index (χ1v) is 11.5. The molecule has 10 heteroatoms. The Morgan fingerprint density at radius 1 is 1.18 bits per heavy atom. The van der Waals surface area contributed by atoms with Crippen LogP contribution in [0.2, 0.25) is 0 Å². The van der Waals surface area contributed by atoms with Crippen LogP contribution in [-0.2, 0) is 22.7 Å². The van der Waals surface area contributed by atoms with Gasteiger partial charge in [0.25, 0.3) is 5.91 Å². The number of ether oxygens (including phenoxy) is 1. The number of nitrogens with zero attached hydrogens (tertiary/aromatic N) is 4. The van der Waals surface area contributed by atoms with Crippen molar-refractivity contribution in [1.82, 2.24) is 25.1 Å². The average molecular weight is 468 g/mol. The van der Waals surface area contributed by atoms with Gasteiger partial charge >= 0.3 is 6.01 Å². The Hall–Kier alpha value is -3.40. The molecule has 1 atom stereocenters. The van der Waals surface area contributed by atoms with Gasteiger partial charge in [0.05, 0.1) is 12.8 Å². The second-order valence-electron chi connectivity index (χ2n) is 9.02. The van der Waals surface area contributed by atoms with Crippen LogP contribution in [0.3, 0.4) is 0 Å². The van der Waals surface area contributed by atoms with Gasteiger partial charge in [0.1, 0.15) is 11.9 Å². The lowest BCUT2D eigenvalue weighted by atomic mass is 9.87. The molecule has 178 valence electrons. The number of amides is 3. The van der Waals surface area contributed by atoms with Crippen molar-refractivity contribution >= 4 is 17.7 Å². The van der Waals surface area contributed by atoms with Crippen molar-refractivity contribution in [1.29, 1.82) is 0 Å². The third-order valence-corrected chi connectivity index (χ3v) is 6.93. The van der Waals surface area contributed by atoms with Crippen molar-refractivity contribution in [3.63, 3.8) is 0 Å². The number of rotatable bonds is 5. The van der Waals surface area contributed by atoms with E-state index in [0.717, 1.165) is 37.2 Å². The Labute approximate surface area is 196 Å². The number of imide groups is 1. The highest BCUT2D eigenvalue weighted by Crippen LogP contribution is 2.35. The number of nitrogens with one attached hydrogen (secondary N) is 1. The number of hydrogen-bond donors (Lipinski definition) is 1. The summed E-state index contributed by atoms with van der Waals surface area (Å²) < 4.78 is 20.2. The molecule has 0 bridgehead atoms. The number of halogens is 1. The molecule has 2 aromatic rings. The SMILES string of the molecule is COc1nccc(CN2CCC(c3cc4c(cc3F)C(=O)N(C3CCC(=O)NC3=O)C4)CC2)n1. The zero-order chi connectivity index (χ0) is 23.8. The summed E-state index contributed by atoms with van der Waals surface area (Å²) >= 11 is 0. The maximum absolute atomic E-state index is 15.1. The zero-order valence-corrected chi connectivity index (χ0v) is 18.9. The van der Waals surface area contributed by atoms with Gasteiger partial charge in [0.2, 0.25) is 11.8 Å². The van der Waals surface area contributed by atoms with Crippen molar-refractivity contribution in [3.05, 3.63) is 52.6 Å². The van der Waals surface area contributed by atoms with E-state index in [4.69, 9.17) is 4.74 Å². The molecule has 5 rings (SSSR count). The topological polar surface area (TPSA) is 105 Å². The predicted octanol–water partition coefficient (Wildman–Crippen LogP) is 1.76. The van der Waals surface area contributed by atoms with E-state index in [1.807, 2.05) is 6.07 Å². The number of aromatic nitrogens is 2. The number of hydrogen-bond acceptors (Lipinski definition) is 7. The molecule has 0 aliphatic carbocycles. The van der Waals surface area contributed by atoms with Crippen molar-refractivity contribution in [2.45, 2.75) is 50.7 Å². The summed E-state index contributed by atoms with van der Waals surface area (Å²) in [5, 5.41) is 2.29. The largest absolute Gasteiger partial charge is 0.467 e. The molecule has 2 saturated heterocycles. The standard InChI is InChI=1S/C24H26FN5O4/c1-34-24-26-7-4-16(27-24)13-29-8-5-14(6-9-29)17-10-15-12-30(23(33)18(15)11-19(17)25)20-2-3-21(31)28-22(20)32/h4,7,10-11,14,20H,2-3,5-6,8-9,12-13H2,1H3,(H,28,31,32). The molecular formula is C24H26FN5O4. The lowest BCUT2D eigenvalue weighted by Crippen LogP contribution is -2.52. The highest BCUT2D eigenvalue weighted by Gasteiger charge is 2.40. The summed E-state index contributed by atoms with van der Waals surface area (Å²) in [5.74, 6) is -1.47. The van der Waals surface area contributed by atoms with E-state index in [2.05, 4.69) is 20.2 Å². The van der Waals surface area contributed by atoms with Gasteiger partial charge < -0.3 is 9.64 Å². The van der Waals surface area contributed by atoms with Crippen LogP contribution in [0, 0.1) is 5.82 Å². The predicted molar refractivity (Wildman–Crippen MR) is 118 cm³/mol. The van der Waals surface area contributed by atoms with Gasteiger partial charge in [-0.25, -0.2) is 9.37 Å². The molecule has 4 heterocycles. The average Bonchev–Trinajstić information content (AvgIpc) is 3.14. The van der Waals surface area contributed by atoms with E-state index in [1.54, 1.807) is 12.3 Å². The smallest absolute Gasteiger partial charge is 0.316 e. The van der Waals surface area contributed by atoms with E-state index in [9.17, 15) is 14.4 Å². The van der Waals surface area contributed by atoms with Gasteiger partial charge in [-0.15, -0.1) is 0 Å². The Bertz CT molecular complexity index is 1150. The molecule has 1 unspecified atom stereocenters. The second kappa shape index (κ2) is 9.09. The van der Waals surface area contributed by atoms with E-state index >= 15 is 4.39 Å². The number of carbonyl (C=O) groups excluding carboxylic acids is 3. The maximum Gasteiger partial charge on any atom is 0.316 e. The minimum atomic E-state index is -0.701. The van der Waals surface area contributed by atoms with E-state index in [-0.39, 0.29) is 42.9 Å². The molecule has 34 heavy (non-hydrogen) atoms. The first-order chi connectivity index (χ1) is 16.4. The molecular weight excluding hydrogens is 441 g/mol. The summed E-state index contributed by atoms with van der Waals surface area (Å²) in [6.45, 7) is 2.53. The van der Waals surface area contributed by atoms with Crippen LogP contribution in [0.5, 0.6) is 6.01 Å². The molecule has 1 aromatic heterocycles. The summed E-state index contributed by atoms with van der Waals surface area (Å²) in [7, 11) is 1.54. The van der Waals surface area contributed by atoms with Crippen LogP contribution in [0.15, 0.2) is 24.4 Å². The van der Waals surface area contributed by atoms with Gasteiger partial charge in [-0.05, 0) is 61.5 Å². The summed E-state index contributed by atoms with van der Waals surface area (Å²) in [6, 6.07) is 4.61. The highest BCUT2D eigenvalue weighted by molar-refractivity contribution is 6.05. The molecule has 0 saturated carbocycles. The van der Waals surface area contributed by atoms with Crippen molar-refractivity contribution < 1.29 is 23.5 Å². The lowest BCUT2D eigenvalue weighted by Gasteiger charge is -2.32. The van der Waals surface area contributed by atoms with E-state index in [1.165, 1.54) is 18.1 Å². The first kappa shape index (κ1) is 22.4. The quantitative estimate of drug-likeness (QED) is 0.668. The maximum atomic E-state index is 15.1. The number of methoxy groups -OCH3 is 1. The first-order valence-electron chi connectivity index (χ1n) is 11.5. The summed E-state index contributed by atoms with van der Waals surface area (Å²) in [6.07, 6.45) is 3.74. The molecule has 1 N–H and O–H groups in total. The number of likely N-dealkylation sites (tertiary alicyclic amines) is 1. The van der Waals surface area contributed by atoms with Gasteiger partial charge in [0, 0.05) is 31.3 Å². The fraction of sp³-hybridized carbons (Fsp3) is 0.458. The Kier molecular flexibility index (Phi) is 5.99. The molecule has 0 radical (unpaired) electrons. The van der Waals surface area contributed by atoms with E-state index in [0.29, 0.717) is 23.7 Å². The molecule has 2 fully saturated rings. The van der Waals surface area contributed by atoms with Crippen LogP contribution in [0.1, 0.15) is 58.8 Å². The Balaban J connectivity index is 1.26. The number of piperidine rings is 2. The van der Waals surface area contributed by atoms with Crippen molar-refractivity contribution in [3.8, 4) is 6.01 Å². The van der Waals surface area contributed by atoms with Crippen molar-refractivity contribution in [2.75, 3.05) is 20.2 Å². The van der Waals surface area contributed by atoms with Crippen LogP contribution >= 0.6 is 0 Å². The molecule has 1 aromatic carbocycles. The van der Waals surface area contributed by atoms with Crippen LogP contribution in [0.25, 0.3) is 0 Å². The third-order valence-electron chi connectivity index (χ3n) is 6.93.